The SMILES string of the molecule is Nc1cc(-c2noc(-c3ccccc3Br)n2)ccc1NCC(=O)O. The van der Waals surface area contributed by atoms with Crippen LogP contribution in [-0.4, -0.2) is 27.8 Å². The molecular formula is C16H13BrN4O3. The van der Waals surface area contributed by atoms with E-state index in [4.69, 9.17) is 15.4 Å². The van der Waals surface area contributed by atoms with Crippen LogP contribution in [-0.2, 0) is 4.79 Å². The summed E-state index contributed by atoms with van der Waals surface area (Å²) in [5.41, 5.74) is 8.35. The molecule has 0 saturated carbocycles. The van der Waals surface area contributed by atoms with E-state index in [2.05, 4.69) is 31.4 Å². The van der Waals surface area contributed by atoms with E-state index < -0.39 is 5.97 Å². The predicted octanol–water partition coefficient (Wildman–Crippen LogP) is 3.24. The molecule has 3 rings (SSSR count). The second kappa shape index (κ2) is 6.71. The van der Waals surface area contributed by atoms with Gasteiger partial charge in [-0.05, 0) is 46.3 Å². The minimum Gasteiger partial charge on any atom is -0.480 e. The summed E-state index contributed by atoms with van der Waals surface area (Å²) in [5.74, 6) is -0.170. The first-order valence-electron chi connectivity index (χ1n) is 6.99. The number of nitrogens with one attached hydrogen (secondary N) is 1. The number of hydrogen-bond donors (Lipinski definition) is 3. The molecule has 1 heterocycles. The molecule has 4 N–H and O–H groups in total. The van der Waals surface area contributed by atoms with Crippen LogP contribution in [0.4, 0.5) is 11.4 Å². The zero-order valence-electron chi connectivity index (χ0n) is 12.4. The Hall–Kier alpha value is -2.87. The van der Waals surface area contributed by atoms with Crippen molar-refractivity contribution in [3.8, 4) is 22.8 Å². The fraction of sp³-hybridized carbons (Fsp3) is 0.0625. The van der Waals surface area contributed by atoms with Crippen molar-refractivity contribution in [1.82, 2.24) is 10.1 Å². The van der Waals surface area contributed by atoms with Gasteiger partial charge in [-0.15, -0.1) is 0 Å². The van der Waals surface area contributed by atoms with Gasteiger partial charge in [-0.3, -0.25) is 4.79 Å². The summed E-state index contributed by atoms with van der Waals surface area (Å²) in [6.45, 7) is -0.210. The summed E-state index contributed by atoms with van der Waals surface area (Å²) in [6.07, 6.45) is 0. The van der Waals surface area contributed by atoms with Crippen molar-refractivity contribution in [3.63, 3.8) is 0 Å². The average Bonchev–Trinajstić information content (AvgIpc) is 3.03. The molecule has 2 aromatic carbocycles. The molecule has 8 heteroatoms. The lowest BCUT2D eigenvalue weighted by atomic mass is 10.1. The van der Waals surface area contributed by atoms with Gasteiger partial charge in [0, 0.05) is 10.0 Å². The quantitative estimate of drug-likeness (QED) is 0.574. The van der Waals surface area contributed by atoms with Gasteiger partial charge in [0.15, 0.2) is 0 Å². The number of nitrogens with two attached hydrogens (primary N) is 1. The highest BCUT2D eigenvalue weighted by Crippen LogP contribution is 2.30. The van der Waals surface area contributed by atoms with Crippen LogP contribution >= 0.6 is 15.9 Å². The van der Waals surface area contributed by atoms with Crippen LogP contribution in [0, 0.1) is 0 Å². The third-order valence-corrected chi connectivity index (χ3v) is 3.96. The Bertz CT molecular complexity index is 895. The number of carboxylic acids is 1. The van der Waals surface area contributed by atoms with E-state index in [-0.39, 0.29) is 6.54 Å². The molecule has 0 aliphatic carbocycles. The maximum atomic E-state index is 10.6. The fourth-order valence-corrected chi connectivity index (χ4v) is 2.57. The van der Waals surface area contributed by atoms with Crippen molar-refractivity contribution >= 4 is 33.3 Å². The number of anilines is 2. The third kappa shape index (κ3) is 3.38. The largest absolute Gasteiger partial charge is 0.480 e. The van der Waals surface area contributed by atoms with Crippen molar-refractivity contribution < 1.29 is 14.4 Å². The smallest absolute Gasteiger partial charge is 0.322 e. The number of carbonyl (C=O) groups is 1. The first-order chi connectivity index (χ1) is 11.5. The Morgan fingerprint density at radius 3 is 2.79 bits per heavy atom. The Labute approximate surface area is 145 Å². The van der Waals surface area contributed by atoms with Gasteiger partial charge in [-0.2, -0.15) is 4.98 Å². The van der Waals surface area contributed by atoms with Crippen LogP contribution < -0.4 is 11.1 Å². The minimum atomic E-state index is -0.963. The number of nitrogens with zero attached hydrogens (tertiary/aromatic N) is 2. The number of halogens is 1. The molecule has 0 bridgehead atoms. The lowest BCUT2D eigenvalue weighted by molar-refractivity contribution is -0.134. The Morgan fingerprint density at radius 1 is 1.29 bits per heavy atom. The summed E-state index contributed by atoms with van der Waals surface area (Å²) >= 11 is 3.44. The number of benzene rings is 2. The molecule has 1 aromatic heterocycles. The molecule has 0 saturated heterocycles. The number of nitrogen functional groups attached to an aromatic ring is 1. The molecule has 0 aliphatic rings. The van der Waals surface area contributed by atoms with Crippen LogP contribution in [0.15, 0.2) is 51.5 Å². The van der Waals surface area contributed by atoms with Crippen LogP contribution in [0.3, 0.4) is 0 Å². The van der Waals surface area contributed by atoms with Crippen LogP contribution in [0.5, 0.6) is 0 Å². The first-order valence-corrected chi connectivity index (χ1v) is 7.78. The van der Waals surface area contributed by atoms with E-state index >= 15 is 0 Å². The minimum absolute atomic E-state index is 0.210. The molecule has 0 atom stereocenters. The molecule has 0 amide bonds. The highest BCUT2D eigenvalue weighted by atomic mass is 79.9. The molecule has 0 spiro atoms. The van der Waals surface area contributed by atoms with Crippen LogP contribution in [0.1, 0.15) is 0 Å². The molecule has 0 unspecified atom stereocenters. The van der Waals surface area contributed by atoms with Gasteiger partial charge in [0.05, 0.1) is 16.9 Å². The van der Waals surface area contributed by atoms with E-state index in [0.717, 1.165) is 10.0 Å². The topological polar surface area (TPSA) is 114 Å². The fourth-order valence-electron chi connectivity index (χ4n) is 2.12. The highest BCUT2D eigenvalue weighted by Gasteiger charge is 2.13. The maximum Gasteiger partial charge on any atom is 0.322 e. The predicted molar refractivity (Wildman–Crippen MR) is 93.4 cm³/mol. The monoisotopic (exact) mass is 388 g/mol. The molecule has 0 aliphatic heterocycles. The molecule has 122 valence electrons. The second-order valence-corrected chi connectivity index (χ2v) is 5.81. The number of hydrogen-bond acceptors (Lipinski definition) is 6. The number of aliphatic carboxylic acids is 1. The summed E-state index contributed by atoms with van der Waals surface area (Å²) in [7, 11) is 0. The van der Waals surface area contributed by atoms with Crippen molar-refractivity contribution in [2.75, 3.05) is 17.6 Å². The average molecular weight is 389 g/mol. The van der Waals surface area contributed by atoms with Crippen molar-refractivity contribution in [2.24, 2.45) is 0 Å². The van der Waals surface area contributed by atoms with Gasteiger partial charge in [0.2, 0.25) is 5.82 Å². The van der Waals surface area contributed by atoms with Gasteiger partial charge in [0.25, 0.3) is 5.89 Å². The van der Waals surface area contributed by atoms with Crippen molar-refractivity contribution in [3.05, 3.63) is 46.9 Å². The van der Waals surface area contributed by atoms with E-state index in [0.29, 0.717) is 28.7 Å². The highest BCUT2D eigenvalue weighted by molar-refractivity contribution is 9.10. The van der Waals surface area contributed by atoms with Crippen LogP contribution in [0.2, 0.25) is 0 Å². The molecular weight excluding hydrogens is 376 g/mol. The summed E-state index contributed by atoms with van der Waals surface area (Å²) in [4.78, 5) is 15.0. The normalized spacial score (nSPS) is 10.5. The number of aromatic nitrogens is 2. The summed E-state index contributed by atoms with van der Waals surface area (Å²) < 4.78 is 6.16. The molecule has 24 heavy (non-hydrogen) atoms. The molecule has 7 nitrogen and oxygen atoms in total. The standard InChI is InChI=1S/C16H13BrN4O3/c17-11-4-2-1-3-10(11)16-20-15(21-24-16)9-5-6-13(12(18)7-9)19-8-14(22)23/h1-7,19H,8,18H2,(H,22,23). The van der Waals surface area contributed by atoms with Crippen molar-refractivity contribution in [2.45, 2.75) is 0 Å². The van der Waals surface area contributed by atoms with Gasteiger partial charge in [-0.1, -0.05) is 17.3 Å². The van der Waals surface area contributed by atoms with Gasteiger partial charge in [0.1, 0.15) is 6.54 Å². The first kappa shape index (κ1) is 16.0. The van der Waals surface area contributed by atoms with E-state index in [1.54, 1.807) is 18.2 Å². The third-order valence-electron chi connectivity index (χ3n) is 3.27. The Kier molecular flexibility index (Phi) is 4.48. The van der Waals surface area contributed by atoms with E-state index in [1.807, 2.05) is 24.3 Å². The van der Waals surface area contributed by atoms with Crippen LogP contribution in [0.25, 0.3) is 22.8 Å². The van der Waals surface area contributed by atoms with Gasteiger partial charge >= 0.3 is 5.97 Å². The zero-order valence-corrected chi connectivity index (χ0v) is 13.9. The lowest BCUT2D eigenvalue weighted by Gasteiger charge is -2.07. The number of carboxylic acid groups (broad SMARTS) is 1. The second-order valence-electron chi connectivity index (χ2n) is 4.95. The van der Waals surface area contributed by atoms with Gasteiger partial charge < -0.3 is 20.7 Å². The van der Waals surface area contributed by atoms with Crippen molar-refractivity contribution in [1.29, 1.82) is 0 Å². The summed E-state index contributed by atoms with van der Waals surface area (Å²) in [6, 6.07) is 12.6. The molecule has 0 radical (unpaired) electrons. The maximum absolute atomic E-state index is 10.6. The van der Waals surface area contributed by atoms with Gasteiger partial charge in [-0.25, -0.2) is 0 Å². The van der Waals surface area contributed by atoms with E-state index in [9.17, 15) is 4.79 Å². The van der Waals surface area contributed by atoms with E-state index in [1.165, 1.54) is 0 Å². The Balaban J connectivity index is 1.87. The lowest BCUT2D eigenvalue weighted by Crippen LogP contribution is -2.13. The molecule has 0 fully saturated rings. The zero-order chi connectivity index (χ0) is 17.1. The molecule has 3 aromatic rings. The Morgan fingerprint density at radius 2 is 2.08 bits per heavy atom. The summed E-state index contributed by atoms with van der Waals surface area (Å²) in [5, 5.41) is 15.4. The number of rotatable bonds is 5.